The summed E-state index contributed by atoms with van der Waals surface area (Å²) in [5.74, 6) is -0.0599. The number of carbonyl (C=O) groups excluding carboxylic acids is 2. The van der Waals surface area contributed by atoms with Crippen LogP contribution in [-0.2, 0) is 11.3 Å². The number of anilines is 1. The van der Waals surface area contributed by atoms with E-state index in [0.29, 0.717) is 24.4 Å². The van der Waals surface area contributed by atoms with Gasteiger partial charge < -0.3 is 15.5 Å². The predicted molar refractivity (Wildman–Crippen MR) is 93.7 cm³/mol. The van der Waals surface area contributed by atoms with Crippen LogP contribution in [0.2, 0.25) is 0 Å². The second-order valence-corrected chi connectivity index (χ2v) is 6.15. The monoisotopic (exact) mass is 331 g/mol. The van der Waals surface area contributed by atoms with Gasteiger partial charge >= 0.3 is 0 Å². The lowest BCUT2D eigenvalue weighted by Crippen LogP contribution is -2.26. The van der Waals surface area contributed by atoms with Crippen molar-refractivity contribution in [3.8, 4) is 0 Å². The highest BCUT2D eigenvalue weighted by Gasteiger charge is 2.15. The maximum absolute atomic E-state index is 12.3. The molecule has 0 bridgehead atoms. The molecule has 0 saturated carbocycles. The van der Waals surface area contributed by atoms with E-state index in [-0.39, 0.29) is 11.8 Å². The third-order valence-corrected chi connectivity index (χ3v) is 4.24. The molecule has 0 atom stereocenters. The second-order valence-electron chi connectivity index (χ2n) is 5.20. The van der Waals surface area contributed by atoms with Gasteiger partial charge in [0.2, 0.25) is 5.91 Å². The summed E-state index contributed by atoms with van der Waals surface area (Å²) in [6.07, 6.45) is 0.412. The summed E-state index contributed by atoms with van der Waals surface area (Å²) in [6, 6.07) is 11.2. The maximum Gasteiger partial charge on any atom is 0.263 e. The molecule has 0 fully saturated rings. The molecule has 5 nitrogen and oxygen atoms in total. The van der Waals surface area contributed by atoms with Crippen LogP contribution in [0.1, 0.15) is 21.7 Å². The van der Waals surface area contributed by atoms with E-state index in [4.69, 9.17) is 0 Å². The standard InChI is InChI=1S/C17H21N3O2S/c1-18-10-9-16(21)19-14-7-4-3-6-13(14)12-20(2)17(22)15-8-5-11-23-15/h3-8,11,18H,9-10,12H2,1-2H3,(H,19,21). The van der Waals surface area contributed by atoms with Gasteiger partial charge in [-0.15, -0.1) is 11.3 Å². The van der Waals surface area contributed by atoms with Gasteiger partial charge in [0, 0.05) is 32.2 Å². The van der Waals surface area contributed by atoms with E-state index in [0.717, 1.165) is 11.3 Å². The Kier molecular flexibility index (Phi) is 6.31. The van der Waals surface area contributed by atoms with Crippen molar-refractivity contribution in [1.29, 1.82) is 0 Å². The fourth-order valence-electron chi connectivity index (χ4n) is 2.15. The molecule has 0 radical (unpaired) electrons. The number of hydrogen-bond acceptors (Lipinski definition) is 4. The Morgan fingerprint density at radius 3 is 2.65 bits per heavy atom. The summed E-state index contributed by atoms with van der Waals surface area (Å²) >= 11 is 1.43. The summed E-state index contributed by atoms with van der Waals surface area (Å²) in [6.45, 7) is 1.07. The molecule has 2 amide bonds. The first-order chi connectivity index (χ1) is 11.1. The van der Waals surface area contributed by atoms with Crippen LogP contribution >= 0.6 is 11.3 Å². The molecule has 2 aromatic rings. The lowest BCUT2D eigenvalue weighted by molar-refractivity contribution is -0.116. The zero-order valence-electron chi connectivity index (χ0n) is 13.3. The highest BCUT2D eigenvalue weighted by atomic mass is 32.1. The van der Waals surface area contributed by atoms with E-state index in [1.807, 2.05) is 48.8 Å². The minimum absolute atomic E-state index is 0.0173. The fourth-order valence-corrected chi connectivity index (χ4v) is 2.86. The number of hydrogen-bond donors (Lipinski definition) is 2. The van der Waals surface area contributed by atoms with E-state index in [9.17, 15) is 9.59 Å². The van der Waals surface area contributed by atoms with Crippen LogP contribution in [-0.4, -0.2) is 37.4 Å². The number of thiophene rings is 1. The van der Waals surface area contributed by atoms with Crippen molar-refractivity contribution in [3.05, 3.63) is 52.2 Å². The molecule has 1 heterocycles. The molecule has 0 aliphatic heterocycles. The van der Waals surface area contributed by atoms with Gasteiger partial charge in [-0.25, -0.2) is 0 Å². The van der Waals surface area contributed by atoms with Gasteiger partial charge in [0.1, 0.15) is 0 Å². The average Bonchev–Trinajstić information content (AvgIpc) is 3.08. The summed E-state index contributed by atoms with van der Waals surface area (Å²) in [4.78, 5) is 26.6. The van der Waals surface area contributed by atoms with Crippen molar-refractivity contribution < 1.29 is 9.59 Å². The van der Waals surface area contributed by atoms with Gasteiger partial charge in [0.15, 0.2) is 0 Å². The topological polar surface area (TPSA) is 61.4 Å². The summed E-state index contributed by atoms with van der Waals surface area (Å²) in [5.41, 5.74) is 1.66. The number of rotatable bonds is 7. The minimum atomic E-state index is -0.0426. The third kappa shape index (κ3) is 4.91. The first-order valence-electron chi connectivity index (χ1n) is 7.43. The number of carbonyl (C=O) groups is 2. The van der Waals surface area contributed by atoms with Gasteiger partial charge in [-0.3, -0.25) is 9.59 Å². The Bertz CT molecular complexity index is 656. The number of nitrogens with one attached hydrogen (secondary N) is 2. The van der Waals surface area contributed by atoms with Crippen molar-refractivity contribution in [1.82, 2.24) is 10.2 Å². The fraction of sp³-hybridized carbons (Fsp3) is 0.294. The van der Waals surface area contributed by atoms with Gasteiger partial charge in [-0.05, 0) is 30.1 Å². The van der Waals surface area contributed by atoms with Gasteiger partial charge in [0.25, 0.3) is 5.91 Å². The molecular weight excluding hydrogens is 310 g/mol. The minimum Gasteiger partial charge on any atom is -0.337 e. The highest BCUT2D eigenvalue weighted by Crippen LogP contribution is 2.19. The zero-order valence-corrected chi connectivity index (χ0v) is 14.2. The molecule has 0 aliphatic carbocycles. The number of benzene rings is 1. The molecule has 122 valence electrons. The Balaban J connectivity index is 2.05. The van der Waals surface area contributed by atoms with Crippen LogP contribution < -0.4 is 10.6 Å². The third-order valence-electron chi connectivity index (χ3n) is 3.38. The normalized spacial score (nSPS) is 10.3. The van der Waals surface area contributed by atoms with E-state index in [2.05, 4.69) is 10.6 Å². The molecule has 0 saturated heterocycles. The van der Waals surface area contributed by atoms with Gasteiger partial charge in [-0.2, -0.15) is 0 Å². The van der Waals surface area contributed by atoms with E-state index < -0.39 is 0 Å². The molecule has 0 aliphatic rings. The molecule has 1 aromatic carbocycles. The highest BCUT2D eigenvalue weighted by molar-refractivity contribution is 7.12. The van der Waals surface area contributed by atoms with Crippen molar-refractivity contribution in [3.63, 3.8) is 0 Å². The van der Waals surface area contributed by atoms with Crippen molar-refractivity contribution in [2.45, 2.75) is 13.0 Å². The summed E-state index contributed by atoms with van der Waals surface area (Å²) < 4.78 is 0. The summed E-state index contributed by atoms with van der Waals surface area (Å²) in [5, 5.41) is 7.75. The lowest BCUT2D eigenvalue weighted by atomic mass is 10.1. The first kappa shape index (κ1) is 17.2. The Labute approximate surface area is 140 Å². The smallest absolute Gasteiger partial charge is 0.263 e. The lowest BCUT2D eigenvalue weighted by Gasteiger charge is -2.19. The predicted octanol–water partition coefficient (Wildman–Crippen LogP) is 2.57. The van der Waals surface area contributed by atoms with Crippen LogP contribution in [0.5, 0.6) is 0 Å². The quantitative estimate of drug-likeness (QED) is 0.820. The van der Waals surface area contributed by atoms with Crippen molar-refractivity contribution in [2.24, 2.45) is 0 Å². The second kappa shape index (κ2) is 8.45. The van der Waals surface area contributed by atoms with Crippen LogP contribution in [0.4, 0.5) is 5.69 Å². The maximum atomic E-state index is 12.3. The van der Waals surface area contributed by atoms with Crippen LogP contribution in [0.25, 0.3) is 0 Å². The molecule has 2 rings (SSSR count). The van der Waals surface area contributed by atoms with Crippen LogP contribution in [0.3, 0.4) is 0 Å². The zero-order chi connectivity index (χ0) is 16.7. The Morgan fingerprint density at radius 2 is 1.96 bits per heavy atom. The Hall–Kier alpha value is -2.18. The largest absolute Gasteiger partial charge is 0.337 e. The first-order valence-corrected chi connectivity index (χ1v) is 8.31. The van der Waals surface area contributed by atoms with E-state index in [1.165, 1.54) is 11.3 Å². The van der Waals surface area contributed by atoms with Gasteiger partial charge in [-0.1, -0.05) is 24.3 Å². The molecule has 6 heteroatoms. The van der Waals surface area contributed by atoms with E-state index >= 15 is 0 Å². The Morgan fingerprint density at radius 1 is 1.17 bits per heavy atom. The SMILES string of the molecule is CNCCC(=O)Nc1ccccc1CN(C)C(=O)c1cccs1. The molecule has 1 aromatic heterocycles. The number of amides is 2. The molecule has 0 unspecified atom stereocenters. The molecule has 0 spiro atoms. The molecule has 23 heavy (non-hydrogen) atoms. The van der Waals surface area contributed by atoms with E-state index in [1.54, 1.807) is 11.9 Å². The van der Waals surface area contributed by atoms with Gasteiger partial charge in [0.05, 0.1) is 4.88 Å². The number of para-hydroxylation sites is 1. The average molecular weight is 331 g/mol. The van der Waals surface area contributed by atoms with Crippen LogP contribution in [0, 0.1) is 0 Å². The molecular formula is C17H21N3O2S. The van der Waals surface area contributed by atoms with Crippen molar-refractivity contribution in [2.75, 3.05) is 26.0 Å². The molecule has 2 N–H and O–H groups in total. The van der Waals surface area contributed by atoms with Crippen LogP contribution in [0.15, 0.2) is 41.8 Å². The summed E-state index contributed by atoms with van der Waals surface area (Å²) in [7, 11) is 3.58. The van der Waals surface area contributed by atoms with Crippen molar-refractivity contribution >= 4 is 28.8 Å². The number of nitrogens with zero attached hydrogens (tertiary/aromatic N) is 1.